The molecule has 0 saturated carbocycles. The fraction of sp³-hybridized carbons (Fsp3) is 0.188. The maximum Gasteiger partial charge on any atom is 0.540 e. The summed E-state index contributed by atoms with van der Waals surface area (Å²) in [7, 11) is -2.56. The van der Waals surface area contributed by atoms with Gasteiger partial charge in [0.1, 0.15) is 5.75 Å². The van der Waals surface area contributed by atoms with Crippen LogP contribution in [-0.2, 0) is 11.8 Å². The number of aliphatic hydroxyl groups excluding tert-OH is 1. The maximum atomic E-state index is 9.64. The van der Waals surface area contributed by atoms with E-state index in [-0.39, 0.29) is 5.56 Å². The average molecular weight is 430 g/mol. The van der Waals surface area contributed by atoms with Crippen LogP contribution >= 0.6 is 15.0 Å². The quantitative estimate of drug-likeness (QED) is 0.287. The third-order valence-electron chi connectivity index (χ3n) is 3.42. The molecule has 0 heterocycles. The number of ether oxygens (including phenoxy) is 1. The summed E-state index contributed by atoms with van der Waals surface area (Å²) in [6, 6.07) is 13.2. The zero-order chi connectivity index (χ0) is 20.0. The predicted molar refractivity (Wildman–Crippen MR) is 108 cm³/mol. The zero-order valence-electron chi connectivity index (χ0n) is 14.6. The van der Waals surface area contributed by atoms with Gasteiger partial charge in [0.25, 0.3) is 5.85 Å². The Morgan fingerprint density at radius 2 is 1.63 bits per heavy atom. The number of aliphatic hydroxyl groups is 1. The lowest BCUT2D eigenvalue weighted by Gasteiger charge is -2.11. The van der Waals surface area contributed by atoms with Crippen LogP contribution in [0.2, 0.25) is 0 Å². The molecule has 8 nitrogen and oxygen atoms in total. The molecular formula is C16H20N2O6P2S+2. The number of hydrogen-bond acceptors (Lipinski definition) is 8. The van der Waals surface area contributed by atoms with Crippen molar-refractivity contribution < 1.29 is 29.0 Å². The van der Waals surface area contributed by atoms with Crippen LogP contribution in [0.15, 0.2) is 53.6 Å². The van der Waals surface area contributed by atoms with Gasteiger partial charge in [-0.1, -0.05) is 4.78 Å². The van der Waals surface area contributed by atoms with Crippen LogP contribution in [0.25, 0.3) is 0 Å². The predicted octanol–water partition coefficient (Wildman–Crippen LogP) is 2.54. The number of benzene rings is 2. The van der Waals surface area contributed by atoms with Crippen molar-refractivity contribution in [3.8, 4) is 11.5 Å². The summed E-state index contributed by atoms with van der Waals surface area (Å²) in [5.74, 6) is -0.574. The highest BCUT2D eigenvalue weighted by Crippen LogP contribution is 2.57. The van der Waals surface area contributed by atoms with Crippen molar-refractivity contribution >= 4 is 33.0 Å². The molecule has 0 aliphatic rings. The summed E-state index contributed by atoms with van der Waals surface area (Å²) < 4.78 is 12.2. The minimum atomic E-state index is -4.37. The highest BCUT2D eigenvalue weighted by molar-refractivity contribution is 8.02. The first kappa shape index (κ1) is 21.6. The van der Waals surface area contributed by atoms with E-state index in [0.29, 0.717) is 5.75 Å². The second-order valence-corrected chi connectivity index (χ2v) is 9.29. The van der Waals surface area contributed by atoms with E-state index in [0.717, 1.165) is 11.3 Å². The molecule has 0 radical (unpaired) electrons. The molecule has 11 heteroatoms. The van der Waals surface area contributed by atoms with Gasteiger partial charge in [-0.15, -0.1) is 5.10 Å². The Kier molecular flexibility index (Phi) is 7.59. The molecule has 0 saturated heterocycles. The van der Waals surface area contributed by atoms with Crippen LogP contribution < -0.4 is 9.26 Å². The highest BCUT2D eigenvalue weighted by Gasteiger charge is 2.42. The van der Waals surface area contributed by atoms with Crippen molar-refractivity contribution in [2.24, 2.45) is 5.10 Å². The van der Waals surface area contributed by atoms with Gasteiger partial charge in [0.15, 0.2) is 5.75 Å². The fourth-order valence-corrected chi connectivity index (χ4v) is 3.45. The Hall–Kier alpha value is -1.70. The highest BCUT2D eigenvalue weighted by atomic mass is 32.4. The molecule has 27 heavy (non-hydrogen) atoms. The van der Waals surface area contributed by atoms with E-state index in [2.05, 4.69) is 5.10 Å². The van der Waals surface area contributed by atoms with Gasteiger partial charge >= 0.3 is 15.0 Å². The number of nitrogens with zero attached hydrogens (tertiary/aromatic N) is 2. The Labute approximate surface area is 163 Å². The molecular weight excluding hydrogens is 410 g/mol. The van der Waals surface area contributed by atoms with E-state index in [9.17, 15) is 5.11 Å². The third kappa shape index (κ3) is 6.45. The van der Waals surface area contributed by atoms with Gasteiger partial charge < -0.3 is 9.84 Å². The van der Waals surface area contributed by atoms with Crippen LogP contribution in [0.1, 0.15) is 17.0 Å². The Morgan fingerprint density at radius 1 is 1.07 bits per heavy atom. The molecule has 0 aliphatic carbocycles. The first-order chi connectivity index (χ1) is 12.7. The molecule has 2 unspecified atom stereocenters. The average Bonchev–Trinajstić information content (AvgIpc) is 2.65. The lowest BCUT2D eigenvalue weighted by atomic mass is 10.2. The molecule has 0 aromatic heterocycles. The van der Waals surface area contributed by atoms with Crippen LogP contribution in [-0.4, -0.2) is 44.9 Å². The van der Waals surface area contributed by atoms with E-state index in [4.69, 9.17) is 35.7 Å². The minimum Gasteiger partial charge on any atom is -0.497 e. The van der Waals surface area contributed by atoms with E-state index in [1.54, 1.807) is 20.4 Å². The summed E-state index contributed by atoms with van der Waals surface area (Å²) >= 11 is 5.31. The first-order valence-corrected chi connectivity index (χ1v) is 11.6. The van der Waals surface area contributed by atoms with Crippen molar-refractivity contribution in [1.29, 1.82) is 0 Å². The molecule has 2 atom stereocenters. The number of rotatable bonds is 8. The van der Waals surface area contributed by atoms with Crippen LogP contribution in [0.3, 0.4) is 0 Å². The Bertz CT molecular complexity index is 796. The molecule has 0 bridgehead atoms. The van der Waals surface area contributed by atoms with Crippen molar-refractivity contribution in [2.45, 2.75) is 5.85 Å². The second-order valence-electron chi connectivity index (χ2n) is 5.39. The number of hydrogen-bond donors (Lipinski definition) is 4. The Balaban J connectivity index is 1.96. The van der Waals surface area contributed by atoms with Gasteiger partial charge in [-0.25, -0.2) is 0 Å². The van der Waals surface area contributed by atoms with Gasteiger partial charge in [-0.05, 0) is 54.1 Å². The van der Waals surface area contributed by atoms with Gasteiger partial charge in [-0.2, -0.15) is 14.7 Å². The number of hydrazone groups is 1. The van der Waals surface area contributed by atoms with E-state index >= 15 is 0 Å². The molecule has 0 fully saturated rings. The van der Waals surface area contributed by atoms with Gasteiger partial charge in [0, 0.05) is 5.56 Å². The zero-order valence-corrected chi connectivity index (χ0v) is 17.2. The smallest absolute Gasteiger partial charge is 0.497 e. The normalized spacial score (nSPS) is 13.3. The number of methoxy groups -OCH3 is 1. The Morgan fingerprint density at radius 3 is 2.15 bits per heavy atom. The summed E-state index contributed by atoms with van der Waals surface area (Å²) in [4.78, 5) is 27.3. The molecule has 2 rings (SSSR count). The molecule has 4 N–H and O–H groups in total. The van der Waals surface area contributed by atoms with E-state index in [1.165, 1.54) is 29.0 Å². The molecule has 2 aromatic rings. The van der Waals surface area contributed by atoms with Crippen LogP contribution in [0.4, 0.5) is 0 Å². The van der Waals surface area contributed by atoms with Gasteiger partial charge in [0.2, 0.25) is 11.8 Å². The molecule has 0 spiro atoms. The maximum absolute atomic E-state index is 9.64. The molecule has 144 valence electrons. The monoisotopic (exact) mass is 430 g/mol. The van der Waals surface area contributed by atoms with Gasteiger partial charge in [0.05, 0.1) is 20.4 Å². The summed E-state index contributed by atoms with van der Waals surface area (Å²) in [6.45, 7) is 0. The molecule has 0 amide bonds. The third-order valence-corrected chi connectivity index (χ3v) is 6.25. The lowest BCUT2D eigenvalue weighted by Crippen LogP contribution is -2.05. The minimum absolute atomic E-state index is 0.155. The van der Waals surface area contributed by atoms with E-state index in [1.807, 2.05) is 24.3 Å². The van der Waals surface area contributed by atoms with Crippen LogP contribution in [0, 0.1) is 0 Å². The molecule has 0 aliphatic heterocycles. The summed E-state index contributed by atoms with van der Waals surface area (Å²) in [6.07, 6.45) is 1.65. The fourth-order valence-electron chi connectivity index (χ4n) is 1.93. The van der Waals surface area contributed by atoms with Crippen LogP contribution in [0.5, 0.6) is 11.5 Å². The van der Waals surface area contributed by atoms with Crippen molar-refractivity contribution in [3.63, 3.8) is 0 Å². The van der Waals surface area contributed by atoms with E-state index < -0.39 is 20.9 Å². The van der Waals surface area contributed by atoms with Gasteiger partial charge in [-0.3, -0.25) is 4.52 Å². The standard InChI is InChI=1S/C16H20N2O6P2S/c1-18(17-11-12-3-7-14(23-2)8-4-12)25(27)24-15-9-5-13(6-10-15)16(19)26(20,21)22/h3-11,16,19-22H,1-2H3/q+2/b17-11+. The largest absolute Gasteiger partial charge is 0.540 e. The SMILES string of the molecule is COc1ccc(/C=N/N(C)[P+](=S)Oc2ccc(C(O)[P+](O)(O)O)cc2)cc1. The topological polar surface area (TPSA) is 115 Å². The van der Waals surface area contributed by atoms with Crippen molar-refractivity contribution in [1.82, 2.24) is 4.78 Å². The first-order valence-electron chi connectivity index (χ1n) is 7.62. The lowest BCUT2D eigenvalue weighted by molar-refractivity contribution is 0.184. The summed E-state index contributed by atoms with van der Waals surface area (Å²) in [5.41, 5.74) is 1.03. The molecule has 2 aromatic carbocycles. The summed E-state index contributed by atoms with van der Waals surface area (Å²) in [5, 5.41) is 13.9. The van der Waals surface area contributed by atoms with Crippen molar-refractivity contribution in [3.05, 3.63) is 59.7 Å². The second kappa shape index (κ2) is 9.48. The van der Waals surface area contributed by atoms with Crippen molar-refractivity contribution in [2.75, 3.05) is 14.2 Å².